The number of methoxy groups -OCH3 is 1. The number of anilines is 1. The molecule has 3 aromatic carbocycles. The maximum Gasteiger partial charge on any atom is 0.337 e. The Hall–Kier alpha value is -3.95. The second kappa shape index (κ2) is 10.4. The monoisotopic (exact) mass is 447 g/mol. The lowest BCUT2D eigenvalue weighted by Crippen LogP contribution is -2.06. The van der Waals surface area contributed by atoms with E-state index in [1.54, 1.807) is 54.6 Å². The molecule has 0 saturated carbocycles. The molecule has 160 valence electrons. The molecule has 0 aliphatic heterocycles. The Bertz CT molecular complexity index is 1210. The van der Waals surface area contributed by atoms with Crippen LogP contribution < -0.4 is 5.32 Å². The molecule has 0 aliphatic carbocycles. The maximum atomic E-state index is 13.1. The molecule has 3 aromatic rings. The van der Waals surface area contributed by atoms with Gasteiger partial charge in [0.1, 0.15) is 5.82 Å². The van der Waals surface area contributed by atoms with Crippen LogP contribution >= 0.6 is 11.6 Å². The van der Waals surface area contributed by atoms with Crippen LogP contribution in [0, 0.1) is 22.6 Å². The molecule has 2 N–H and O–H groups in total. The smallest absolute Gasteiger partial charge is 0.337 e. The average Bonchev–Trinajstić information content (AvgIpc) is 2.81. The van der Waals surface area contributed by atoms with Crippen molar-refractivity contribution < 1.29 is 13.9 Å². The van der Waals surface area contributed by atoms with Gasteiger partial charge in [-0.15, -0.1) is 0 Å². The predicted octanol–water partition coefficient (Wildman–Crippen LogP) is 5.85. The fraction of sp³-hybridized carbons (Fsp3) is 0.0800. The number of ether oxygens (including phenoxy) is 1. The summed E-state index contributed by atoms with van der Waals surface area (Å²) in [6.07, 6.45) is 1.46. The van der Waals surface area contributed by atoms with E-state index in [9.17, 15) is 14.4 Å². The molecule has 0 fully saturated rings. The molecule has 0 unspecified atom stereocenters. The first-order valence-corrected chi connectivity index (χ1v) is 9.96. The Balaban J connectivity index is 1.85. The second-order valence-electron chi connectivity index (χ2n) is 6.82. The number of allylic oxidation sites excluding steroid dienone is 2. The third kappa shape index (κ3) is 5.60. The summed E-state index contributed by atoms with van der Waals surface area (Å²) in [5.74, 6) is -0.780. The zero-order valence-electron chi connectivity index (χ0n) is 17.2. The quantitative estimate of drug-likeness (QED) is 0.270. The SMILES string of the molecule is COC(=O)c1ccc(/C(C#N)=C/C(=N)c2ccc(Cl)cc2NCc2ccc(F)cc2)cc1. The van der Waals surface area contributed by atoms with Crippen molar-refractivity contribution >= 4 is 34.5 Å². The van der Waals surface area contributed by atoms with Crippen molar-refractivity contribution in [1.82, 2.24) is 0 Å². The number of rotatable bonds is 7. The van der Waals surface area contributed by atoms with Gasteiger partial charge < -0.3 is 15.5 Å². The van der Waals surface area contributed by atoms with Gasteiger partial charge in [0.05, 0.1) is 30.0 Å². The molecule has 0 aliphatic rings. The molecule has 32 heavy (non-hydrogen) atoms. The Morgan fingerprint density at radius 3 is 2.41 bits per heavy atom. The van der Waals surface area contributed by atoms with Crippen molar-refractivity contribution in [3.8, 4) is 6.07 Å². The summed E-state index contributed by atoms with van der Waals surface area (Å²) < 4.78 is 17.8. The zero-order valence-corrected chi connectivity index (χ0v) is 17.9. The molecule has 0 radical (unpaired) electrons. The van der Waals surface area contributed by atoms with Gasteiger partial charge in [0, 0.05) is 22.8 Å². The fourth-order valence-corrected chi connectivity index (χ4v) is 3.18. The van der Waals surface area contributed by atoms with Crippen molar-refractivity contribution in [2.24, 2.45) is 0 Å². The van der Waals surface area contributed by atoms with Gasteiger partial charge in [-0.3, -0.25) is 0 Å². The molecule has 0 bridgehead atoms. The summed E-state index contributed by atoms with van der Waals surface area (Å²) >= 11 is 6.14. The number of benzene rings is 3. The van der Waals surface area contributed by atoms with Crippen LogP contribution in [0.25, 0.3) is 5.57 Å². The molecular formula is C25H19ClFN3O2. The number of carbonyl (C=O) groups is 1. The fourth-order valence-electron chi connectivity index (χ4n) is 3.00. The van der Waals surface area contributed by atoms with E-state index in [0.29, 0.717) is 33.9 Å². The van der Waals surface area contributed by atoms with E-state index in [2.05, 4.69) is 16.1 Å². The number of nitrogens with one attached hydrogen (secondary N) is 2. The number of nitrogens with zero attached hydrogens (tertiary/aromatic N) is 1. The number of hydrogen-bond donors (Lipinski definition) is 2. The van der Waals surface area contributed by atoms with Gasteiger partial charge in [-0.25, -0.2) is 9.18 Å². The minimum atomic E-state index is -0.468. The van der Waals surface area contributed by atoms with Crippen molar-refractivity contribution in [2.75, 3.05) is 12.4 Å². The zero-order chi connectivity index (χ0) is 23.1. The predicted molar refractivity (Wildman–Crippen MR) is 123 cm³/mol. The third-order valence-electron chi connectivity index (χ3n) is 4.69. The highest BCUT2D eigenvalue weighted by atomic mass is 35.5. The number of carbonyl (C=O) groups excluding carboxylic acids is 1. The molecule has 5 nitrogen and oxygen atoms in total. The molecule has 0 atom stereocenters. The first-order valence-electron chi connectivity index (χ1n) is 9.58. The number of esters is 1. The summed E-state index contributed by atoms with van der Waals surface area (Å²) in [5, 5.41) is 21.9. The normalized spacial score (nSPS) is 10.9. The summed E-state index contributed by atoms with van der Waals surface area (Å²) in [7, 11) is 1.30. The Labute approximate surface area is 190 Å². The van der Waals surface area contributed by atoms with E-state index in [0.717, 1.165) is 5.56 Å². The first-order chi connectivity index (χ1) is 15.4. The highest BCUT2D eigenvalue weighted by Crippen LogP contribution is 2.24. The Morgan fingerprint density at radius 2 is 1.78 bits per heavy atom. The van der Waals surface area contributed by atoms with Crippen molar-refractivity contribution in [2.45, 2.75) is 6.54 Å². The maximum absolute atomic E-state index is 13.1. The highest BCUT2D eigenvalue weighted by molar-refractivity contribution is 6.31. The van der Waals surface area contributed by atoms with Crippen LogP contribution in [-0.2, 0) is 11.3 Å². The van der Waals surface area contributed by atoms with Crippen LogP contribution in [0.3, 0.4) is 0 Å². The van der Waals surface area contributed by atoms with Crippen LogP contribution in [0.4, 0.5) is 10.1 Å². The first kappa shape index (κ1) is 22.7. The standard InChI is InChI=1S/C25H19ClFN3O2/c1-32-25(31)18-6-4-17(5-7-18)19(14-28)12-23(29)22-11-8-20(26)13-24(22)30-15-16-2-9-21(27)10-3-16/h2-13,29-30H,15H2,1H3/b19-12+,29-23?. The lowest BCUT2D eigenvalue weighted by Gasteiger charge is -2.13. The van der Waals surface area contributed by atoms with Crippen LogP contribution in [0.2, 0.25) is 5.02 Å². The van der Waals surface area contributed by atoms with Gasteiger partial charge in [-0.1, -0.05) is 35.9 Å². The molecule has 3 rings (SSSR count). The van der Waals surface area contributed by atoms with Gasteiger partial charge in [-0.05, 0) is 59.7 Å². The van der Waals surface area contributed by atoms with Gasteiger partial charge in [0.2, 0.25) is 0 Å². The average molecular weight is 448 g/mol. The molecular weight excluding hydrogens is 429 g/mol. The molecule has 0 aromatic heterocycles. The number of nitriles is 1. The summed E-state index contributed by atoms with van der Waals surface area (Å²) in [6.45, 7) is 0.407. The number of halogens is 2. The van der Waals surface area contributed by atoms with E-state index in [-0.39, 0.29) is 17.1 Å². The van der Waals surface area contributed by atoms with Crippen LogP contribution in [0.5, 0.6) is 0 Å². The van der Waals surface area contributed by atoms with Gasteiger partial charge >= 0.3 is 5.97 Å². The van der Waals surface area contributed by atoms with Crippen LogP contribution in [0.1, 0.15) is 27.0 Å². The van der Waals surface area contributed by atoms with Gasteiger partial charge in [-0.2, -0.15) is 5.26 Å². The molecule has 0 spiro atoms. The number of hydrogen-bond acceptors (Lipinski definition) is 5. The van der Waals surface area contributed by atoms with Crippen LogP contribution in [-0.4, -0.2) is 18.8 Å². The molecule has 0 amide bonds. The minimum Gasteiger partial charge on any atom is -0.465 e. The molecule has 7 heteroatoms. The topological polar surface area (TPSA) is 86.0 Å². The lowest BCUT2D eigenvalue weighted by atomic mass is 10.00. The van der Waals surface area contributed by atoms with E-state index in [1.807, 2.05) is 0 Å². The van der Waals surface area contributed by atoms with E-state index in [4.69, 9.17) is 17.0 Å². The minimum absolute atomic E-state index is 0.108. The second-order valence-corrected chi connectivity index (χ2v) is 7.26. The van der Waals surface area contributed by atoms with E-state index < -0.39 is 5.97 Å². The van der Waals surface area contributed by atoms with Gasteiger partial charge in [0.15, 0.2) is 0 Å². The third-order valence-corrected chi connectivity index (χ3v) is 4.93. The van der Waals surface area contributed by atoms with E-state index >= 15 is 0 Å². The lowest BCUT2D eigenvalue weighted by molar-refractivity contribution is 0.0600. The summed E-state index contributed by atoms with van der Waals surface area (Å²) in [5.41, 5.74) is 3.34. The van der Waals surface area contributed by atoms with Crippen molar-refractivity contribution in [1.29, 1.82) is 10.7 Å². The van der Waals surface area contributed by atoms with Crippen molar-refractivity contribution in [3.05, 3.63) is 106 Å². The van der Waals surface area contributed by atoms with Crippen LogP contribution in [0.15, 0.2) is 72.8 Å². The summed E-state index contributed by atoms with van der Waals surface area (Å²) in [6, 6.07) is 19.6. The summed E-state index contributed by atoms with van der Waals surface area (Å²) in [4.78, 5) is 11.6. The highest BCUT2D eigenvalue weighted by Gasteiger charge is 2.11. The Morgan fingerprint density at radius 1 is 1.12 bits per heavy atom. The molecule has 0 saturated heterocycles. The Kier molecular flexibility index (Phi) is 7.37. The largest absolute Gasteiger partial charge is 0.465 e. The van der Waals surface area contributed by atoms with E-state index in [1.165, 1.54) is 25.3 Å². The molecule has 0 heterocycles. The van der Waals surface area contributed by atoms with Gasteiger partial charge in [0.25, 0.3) is 0 Å². The van der Waals surface area contributed by atoms with Crippen molar-refractivity contribution in [3.63, 3.8) is 0 Å².